The Balaban J connectivity index is 1.80. The summed E-state index contributed by atoms with van der Waals surface area (Å²) in [5.74, 6) is -0.986. The van der Waals surface area contributed by atoms with Gasteiger partial charge in [0.25, 0.3) is 0 Å². The van der Waals surface area contributed by atoms with Crippen LogP contribution in [-0.2, 0) is 14.3 Å². The Hall–Kier alpha value is -1.37. The topological polar surface area (TPSA) is 65.0 Å². The zero-order valence-electron chi connectivity index (χ0n) is 12.9. The van der Waals surface area contributed by atoms with Crippen LogP contribution in [0.2, 0.25) is 0 Å². The molecule has 1 heterocycles. The van der Waals surface area contributed by atoms with E-state index in [9.17, 15) is 9.90 Å². The van der Waals surface area contributed by atoms with E-state index in [0.29, 0.717) is 38.2 Å². The second-order valence-electron chi connectivity index (χ2n) is 5.81. The molecule has 0 saturated carbocycles. The van der Waals surface area contributed by atoms with Gasteiger partial charge in [0.1, 0.15) is 5.75 Å². The smallest absolute Gasteiger partial charge is 0.349 e. The number of ether oxygens (including phenoxy) is 3. The van der Waals surface area contributed by atoms with Crippen molar-refractivity contribution in [2.45, 2.75) is 38.1 Å². The Kier molecular flexibility index (Phi) is 4.75. The van der Waals surface area contributed by atoms with Crippen LogP contribution in [0.3, 0.4) is 0 Å². The molecule has 1 N–H and O–H groups in total. The summed E-state index contributed by atoms with van der Waals surface area (Å²) < 4.78 is 17.9. The number of carbonyl (C=O) groups is 1. The van der Waals surface area contributed by atoms with Gasteiger partial charge in [-0.15, -0.1) is 0 Å². The fourth-order valence-corrected chi connectivity index (χ4v) is 3.55. The summed E-state index contributed by atoms with van der Waals surface area (Å²) in [5.41, 5.74) is 1.65. The molecule has 23 heavy (non-hydrogen) atoms. The van der Waals surface area contributed by atoms with Gasteiger partial charge in [0.05, 0.1) is 17.7 Å². The lowest BCUT2D eigenvalue weighted by Gasteiger charge is -2.32. The highest BCUT2D eigenvalue weighted by Gasteiger charge is 2.40. The van der Waals surface area contributed by atoms with Gasteiger partial charge in [0.2, 0.25) is 6.10 Å². The number of aryl methyl sites for hydroxylation is 1. The highest BCUT2D eigenvalue weighted by Crippen LogP contribution is 2.37. The molecule has 1 aromatic carbocycles. The van der Waals surface area contributed by atoms with Crippen LogP contribution in [0, 0.1) is 6.92 Å². The summed E-state index contributed by atoms with van der Waals surface area (Å²) in [6.07, 6.45) is 2.69. The standard InChI is InChI=1S/C17H19BrO5/c1-11-3-2-4-13(18)14(11)23-15(16(19)20)12-5-7-17(8-6-12)21-9-10-22-17/h2-5,15H,6-10H2,1H3,(H,19,20). The summed E-state index contributed by atoms with van der Waals surface area (Å²) in [4.78, 5) is 11.7. The molecule has 0 bridgehead atoms. The fraction of sp³-hybridized carbons (Fsp3) is 0.471. The molecule has 6 heteroatoms. The molecule has 1 aliphatic carbocycles. The minimum absolute atomic E-state index is 0.560. The van der Waals surface area contributed by atoms with Crippen LogP contribution in [0.1, 0.15) is 24.8 Å². The Morgan fingerprint density at radius 3 is 2.70 bits per heavy atom. The molecule has 2 aliphatic rings. The number of hydrogen-bond acceptors (Lipinski definition) is 4. The Morgan fingerprint density at radius 1 is 1.39 bits per heavy atom. The zero-order valence-corrected chi connectivity index (χ0v) is 14.5. The van der Waals surface area contributed by atoms with E-state index in [2.05, 4.69) is 15.9 Å². The average molecular weight is 383 g/mol. The van der Waals surface area contributed by atoms with Crippen molar-refractivity contribution in [2.24, 2.45) is 0 Å². The Labute approximate surface area is 143 Å². The fourth-order valence-electron chi connectivity index (χ4n) is 2.99. The van der Waals surface area contributed by atoms with Gasteiger partial charge in [-0.25, -0.2) is 4.79 Å². The number of halogens is 1. The molecular weight excluding hydrogens is 364 g/mol. The van der Waals surface area contributed by atoms with Gasteiger partial charge in [-0.2, -0.15) is 0 Å². The molecule has 124 valence electrons. The SMILES string of the molecule is Cc1cccc(Br)c1OC(C(=O)O)C1=CCC2(CC1)OCCO2. The van der Waals surface area contributed by atoms with E-state index < -0.39 is 17.9 Å². The maximum Gasteiger partial charge on any atom is 0.349 e. The van der Waals surface area contributed by atoms with Crippen LogP contribution in [0.25, 0.3) is 0 Å². The van der Waals surface area contributed by atoms with Crippen molar-refractivity contribution >= 4 is 21.9 Å². The molecular formula is C17H19BrO5. The molecule has 1 atom stereocenters. The number of para-hydroxylation sites is 1. The zero-order chi connectivity index (χ0) is 16.4. The summed E-state index contributed by atoms with van der Waals surface area (Å²) in [6.45, 7) is 3.08. The van der Waals surface area contributed by atoms with Crippen molar-refractivity contribution in [2.75, 3.05) is 13.2 Å². The van der Waals surface area contributed by atoms with Crippen LogP contribution < -0.4 is 4.74 Å². The second-order valence-corrected chi connectivity index (χ2v) is 6.67. The van der Waals surface area contributed by atoms with Crippen molar-refractivity contribution in [3.05, 3.63) is 39.9 Å². The molecule has 5 nitrogen and oxygen atoms in total. The number of carboxylic acids is 1. The summed E-state index contributed by atoms with van der Waals surface area (Å²) in [6, 6.07) is 5.62. The van der Waals surface area contributed by atoms with E-state index in [1.165, 1.54) is 0 Å². The van der Waals surface area contributed by atoms with Crippen molar-refractivity contribution in [3.8, 4) is 5.75 Å². The second kappa shape index (κ2) is 6.63. The highest BCUT2D eigenvalue weighted by atomic mass is 79.9. The lowest BCUT2D eigenvalue weighted by atomic mass is 9.91. The first-order valence-electron chi connectivity index (χ1n) is 7.62. The molecule has 0 amide bonds. The van der Waals surface area contributed by atoms with Crippen LogP contribution in [-0.4, -0.2) is 36.2 Å². The van der Waals surface area contributed by atoms with Gasteiger partial charge in [-0.3, -0.25) is 0 Å². The third kappa shape index (κ3) is 3.44. The van der Waals surface area contributed by atoms with Gasteiger partial charge in [0, 0.05) is 12.8 Å². The molecule has 1 saturated heterocycles. The van der Waals surface area contributed by atoms with E-state index in [1.54, 1.807) is 0 Å². The van der Waals surface area contributed by atoms with Crippen molar-refractivity contribution < 1.29 is 24.1 Å². The lowest BCUT2D eigenvalue weighted by Crippen LogP contribution is -2.36. The number of aliphatic carboxylic acids is 1. The molecule has 1 spiro atoms. The predicted molar refractivity (Wildman–Crippen MR) is 87.5 cm³/mol. The van der Waals surface area contributed by atoms with Gasteiger partial charge >= 0.3 is 5.97 Å². The molecule has 0 radical (unpaired) electrons. The Morgan fingerprint density at radius 2 is 2.13 bits per heavy atom. The average Bonchev–Trinajstić information content (AvgIpc) is 2.96. The minimum Gasteiger partial charge on any atom is -0.478 e. The largest absolute Gasteiger partial charge is 0.478 e. The van der Waals surface area contributed by atoms with Crippen molar-refractivity contribution in [1.29, 1.82) is 0 Å². The van der Waals surface area contributed by atoms with Gasteiger partial charge in [-0.1, -0.05) is 18.2 Å². The third-order valence-electron chi connectivity index (χ3n) is 4.24. The minimum atomic E-state index is -0.994. The normalized spacial score (nSPS) is 21.0. The van der Waals surface area contributed by atoms with E-state index >= 15 is 0 Å². The number of carboxylic acid groups (broad SMARTS) is 1. The summed E-state index contributed by atoms with van der Waals surface area (Å²) >= 11 is 3.42. The van der Waals surface area contributed by atoms with Crippen LogP contribution >= 0.6 is 15.9 Å². The van der Waals surface area contributed by atoms with Gasteiger partial charge < -0.3 is 19.3 Å². The van der Waals surface area contributed by atoms with Crippen molar-refractivity contribution in [1.82, 2.24) is 0 Å². The van der Waals surface area contributed by atoms with Crippen molar-refractivity contribution in [3.63, 3.8) is 0 Å². The number of benzene rings is 1. The molecule has 0 aromatic heterocycles. The van der Waals surface area contributed by atoms with Crippen LogP contribution in [0.4, 0.5) is 0 Å². The van der Waals surface area contributed by atoms with E-state index in [4.69, 9.17) is 14.2 Å². The van der Waals surface area contributed by atoms with E-state index in [-0.39, 0.29) is 0 Å². The van der Waals surface area contributed by atoms with Crippen LogP contribution in [0.5, 0.6) is 5.75 Å². The quantitative estimate of drug-likeness (QED) is 0.807. The lowest BCUT2D eigenvalue weighted by molar-refractivity contribution is -0.163. The number of rotatable bonds is 4. The molecule has 1 unspecified atom stereocenters. The predicted octanol–water partition coefficient (Wildman–Crippen LogP) is 3.44. The Bertz CT molecular complexity index is 614. The molecule has 1 fully saturated rings. The van der Waals surface area contributed by atoms with Gasteiger partial charge in [-0.05, 0) is 46.5 Å². The first kappa shape index (κ1) is 16.5. The summed E-state index contributed by atoms with van der Waals surface area (Å²) in [5, 5.41) is 9.58. The highest BCUT2D eigenvalue weighted by molar-refractivity contribution is 9.10. The number of hydrogen-bond donors (Lipinski definition) is 1. The molecule has 3 rings (SSSR count). The first-order valence-corrected chi connectivity index (χ1v) is 8.41. The third-order valence-corrected chi connectivity index (χ3v) is 4.87. The van der Waals surface area contributed by atoms with Crippen LogP contribution in [0.15, 0.2) is 34.3 Å². The van der Waals surface area contributed by atoms with E-state index in [1.807, 2.05) is 31.2 Å². The van der Waals surface area contributed by atoms with Gasteiger partial charge in [0.15, 0.2) is 5.79 Å². The van der Waals surface area contributed by atoms with E-state index in [0.717, 1.165) is 15.6 Å². The summed E-state index contributed by atoms with van der Waals surface area (Å²) in [7, 11) is 0. The molecule has 1 aliphatic heterocycles. The first-order chi connectivity index (χ1) is 11.0. The molecule has 1 aromatic rings. The monoisotopic (exact) mass is 382 g/mol. The maximum atomic E-state index is 11.7. The maximum absolute atomic E-state index is 11.7.